The monoisotopic (exact) mass is 417 g/mol. The summed E-state index contributed by atoms with van der Waals surface area (Å²) in [5.74, 6) is -0.0429. The second kappa shape index (κ2) is 9.79. The third-order valence-electron chi connectivity index (χ3n) is 5.87. The number of nitrogens with one attached hydrogen (secondary N) is 1. The van der Waals surface area contributed by atoms with Crippen molar-refractivity contribution in [2.45, 2.75) is 26.3 Å². The summed E-state index contributed by atoms with van der Waals surface area (Å²) in [4.78, 5) is 17.4. The summed E-state index contributed by atoms with van der Waals surface area (Å²) in [6, 6.07) is 20.6. The number of anilines is 1. The normalized spacial score (nSPS) is 14.7. The van der Waals surface area contributed by atoms with E-state index in [2.05, 4.69) is 46.2 Å². The van der Waals surface area contributed by atoms with Crippen molar-refractivity contribution in [1.82, 2.24) is 20.0 Å². The molecule has 0 bridgehead atoms. The van der Waals surface area contributed by atoms with Crippen LogP contribution in [0.5, 0.6) is 0 Å². The van der Waals surface area contributed by atoms with Gasteiger partial charge in [0.15, 0.2) is 0 Å². The molecule has 2 aromatic carbocycles. The molecular weight excluding hydrogens is 386 g/mol. The number of aromatic nitrogens is 2. The number of nitrogens with zero attached hydrogens (tertiary/aromatic N) is 4. The average Bonchev–Trinajstić information content (AvgIpc) is 3.29. The van der Waals surface area contributed by atoms with Crippen molar-refractivity contribution in [3.63, 3.8) is 0 Å². The fraction of sp³-hybridized carbons (Fsp3) is 0.360. The van der Waals surface area contributed by atoms with E-state index >= 15 is 0 Å². The smallest absolute Gasteiger partial charge is 0.251 e. The molecule has 1 fully saturated rings. The molecule has 1 saturated heterocycles. The largest absolute Gasteiger partial charge is 0.369 e. The Morgan fingerprint density at radius 1 is 0.935 bits per heavy atom. The van der Waals surface area contributed by atoms with Crippen molar-refractivity contribution in [2.24, 2.45) is 0 Å². The van der Waals surface area contributed by atoms with Gasteiger partial charge in [0.2, 0.25) is 0 Å². The summed E-state index contributed by atoms with van der Waals surface area (Å²) >= 11 is 0. The maximum absolute atomic E-state index is 12.5. The van der Waals surface area contributed by atoms with Gasteiger partial charge in [-0.2, -0.15) is 5.10 Å². The maximum atomic E-state index is 12.5. The third-order valence-corrected chi connectivity index (χ3v) is 5.87. The lowest BCUT2D eigenvalue weighted by molar-refractivity contribution is 0.0954. The van der Waals surface area contributed by atoms with E-state index in [0.717, 1.165) is 37.6 Å². The van der Waals surface area contributed by atoms with E-state index in [1.165, 1.54) is 5.69 Å². The zero-order chi connectivity index (χ0) is 21.6. The first kappa shape index (κ1) is 21.1. The van der Waals surface area contributed by atoms with E-state index in [0.29, 0.717) is 24.6 Å². The Bertz CT molecular complexity index is 973. The number of para-hydroxylation sites is 1. The first-order valence-corrected chi connectivity index (χ1v) is 11.1. The van der Waals surface area contributed by atoms with Crippen LogP contribution in [0.25, 0.3) is 5.69 Å². The van der Waals surface area contributed by atoms with Crippen LogP contribution in [0, 0.1) is 0 Å². The second-order valence-electron chi connectivity index (χ2n) is 8.26. The molecule has 3 aromatic rings. The molecule has 0 radical (unpaired) electrons. The molecule has 0 aliphatic carbocycles. The lowest BCUT2D eigenvalue weighted by Gasteiger charge is -2.38. The fourth-order valence-electron chi connectivity index (χ4n) is 3.95. The zero-order valence-electron chi connectivity index (χ0n) is 18.4. The Morgan fingerprint density at radius 3 is 2.32 bits per heavy atom. The van der Waals surface area contributed by atoms with Gasteiger partial charge in [-0.15, -0.1) is 0 Å². The molecule has 0 atom stereocenters. The summed E-state index contributed by atoms with van der Waals surface area (Å²) in [5, 5.41) is 7.59. The van der Waals surface area contributed by atoms with E-state index < -0.39 is 0 Å². The van der Waals surface area contributed by atoms with Crippen LogP contribution in [0.15, 0.2) is 66.9 Å². The van der Waals surface area contributed by atoms with E-state index in [9.17, 15) is 4.79 Å². The molecule has 0 unspecified atom stereocenters. The fourth-order valence-corrected chi connectivity index (χ4v) is 3.95. The molecule has 0 spiro atoms. The van der Waals surface area contributed by atoms with Crippen molar-refractivity contribution >= 4 is 11.6 Å². The molecule has 1 N–H and O–H groups in total. The van der Waals surface area contributed by atoms with Gasteiger partial charge in [-0.05, 0) is 56.3 Å². The molecule has 6 heteroatoms. The van der Waals surface area contributed by atoms with Crippen LogP contribution < -0.4 is 10.2 Å². The summed E-state index contributed by atoms with van der Waals surface area (Å²) in [6.45, 7) is 9.28. The predicted molar refractivity (Wildman–Crippen MR) is 125 cm³/mol. The average molecular weight is 418 g/mol. The zero-order valence-corrected chi connectivity index (χ0v) is 18.4. The van der Waals surface area contributed by atoms with Crippen molar-refractivity contribution in [3.05, 3.63) is 78.1 Å². The van der Waals surface area contributed by atoms with Gasteiger partial charge < -0.3 is 10.2 Å². The molecular formula is C25H31N5O. The number of piperazine rings is 1. The second-order valence-corrected chi connectivity index (χ2v) is 8.26. The molecule has 0 saturated carbocycles. The standard InChI is InChI=1S/C25H31N5O/c1-20(2)28-16-18-29(19-17-28)23-10-8-21(9-11-23)25(31)26-14-12-22-13-15-30(27-22)24-6-4-3-5-7-24/h3-11,13,15,20H,12,14,16-19H2,1-2H3,(H,26,31). The highest BCUT2D eigenvalue weighted by atomic mass is 16.1. The highest BCUT2D eigenvalue weighted by Gasteiger charge is 2.19. The van der Waals surface area contributed by atoms with Gasteiger partial charge in [-0.25, -0.2) is 4.68 Å². The van der Waals surface area contributed by atoms with Crippen LogP contribution >= 0.6 is 0 Å². The lowest BCUT2D eigenvalue weighted by atomic mass is 10.1. The molecule has 4 rings (SSSR count). The van der Waals surface area contributed by atoms with Crippen LogP contribution in [-0.4, -0.2) is 59.4 Å². The van der Waals surface area contributed by atoms with Crippen LogP contribution in [0.2, 0.25) is 0 Å². The first-order chi connectivity index (χ1) is 15.1. The highest BCUT2D eigenvalue weighted by Crippen LogP contribution is 2.18. The van der Waals surface area contributed by atoms with Gasteiger partial charge in [0.05, 0.1) is 11.4 Å². The Balaban J connectivity index is 1.25. The SMILES string of the molecule is CC(C)N1CCN(c2ccc(C(=O)NCCc3ccn(-c4ccccc4)n3)cc2)CC1. The Kier molecular flexibility index (Phi) is 6.67. The molecule has 2 heterocycles. The van der Waals surface area contributed by atoms with Gasteiger partial charge in [-0.1, -0.05) is 18.2 Å². The van der Waals surface area contributed by atoms with E-state index in [1.54, 1.807) is 0 Å². The quantitative estimate of drug-likeness (QED) is 0.640. The minimum atomic E-state index is -0.0429. The van der Waals surface area contributed by atoms with E-state index in [1.807, 2.05) is 59.4 Å². The number of benzene rings is 2. The van der Waals surface area contributed by atoms with Crippen LogP contribution in [-0.2, 0) is 6.42 Å². The highest BCUT2D eigenvalue weighted by molar-refractivity contribution is 5.94. The summed E-state index contributed by atoms with van der Waals surface area (Å²) in [7, 11) is 0. The third kappa shape index (κ3) is 5.33. The molecule has 1 aliphatic rings. The van der Waals surface area contributed by atoms with Gasteiger partial charge in [-0.3, -0.25) is 9.69 Å². The Labute approximate surface area is 184 Å². The van der Waals surface area contributed by atoms with Crippen LogP contribution in [0.4, 0.5) is 5.69 Å². The van der Waals surface area contributed by atoms with Crippen molar-refractivity contribution < 1.29 is 4.79 Å². The number of carbonyl (C=O) groups is 1. The van der Waals surface area contributed by atoms with E-state index in [-0.39, 0.29) is 5.91 Å². The first-order valence-electron chi connectivity index (χ1n) is 11.1. The number of hydrogen-bond donors (Lipinski definition) is 1. The maximum Gasteiger partial charge on any atom is 0.251 e. The van der Waals surface area contributed by atoms with Gasteiger partial charge in [0.25, 0.3) is 5.91 Å². The number of hydrogen-bond acceptors (Lipinski definition) is 4. The van der Waals surface area contributed by atoms with E-state index in [4.69, 9.17) is 0 Å². The Hall–Kier alpha value is -3.12. The molecule has 1 amide bonds. The van der Waals surface area contributed by atoms with Gasteiger partial charge in [0, 0.05) is 62.6 Å². The number of carbonyl (C=O) groups excluding carboxylic acids is 1. The topological polar surface area (TPSA) is 53.4 Å². The molecule has 1 aromatic heterocycles. The van der Waals surface area contributed by atoms with Crippen molar-refractivity contribution in [2.75, 3.05) is 37.6 Å². The van der Waals surface area contributed by atoms with Crippen LogP contribution in [0.3, 0.4) is 0 Å². The molecule has 162 valence electrons. The molecule has 1 aliphatic heterocycles. The van der Waals surface area contributed by atoms with Crippen molar-refractivity contribution in [1.29, 1.82) is 0 Å². The number of rotatable bonds is 7. The molecule has 31 heavy (non-hydrogen) atoms. The summed E-state index contributed by atoms with van der Waals surface area (Å²) in [6.07, 6.45) is 2.65. The molecule has 6 nitrogen and oxygen atoms in total. The summed E-state index contributed by atoms with van der Waals surface area (Å²) in [5.41, 5.74) is 3.87. The summed E-state index contributed by atoms with van der Waals surface area (Å²) < 4.78 is 1.86. The van der Waals surface area contributed by atoms with Crippen molar-refractivity contribution in [3.8, 4) is 5.69 Å². The minimum absolute atomic E-state index is 0.0429. The van der Waals surface area contributed by atoms with Gasteiger partial charge >= 0.3 is 0 Å². The predicted octanol–water partition coefficient (Wildman–Crippen LogP) is 3.38. The lowest BCUT2D eigenvalue weighted by Crippen LogP contribution is -2.48. The van der Waals surface area contributed by atoms with Gasteiger partial charge in [0.1, 0.15) is 0 Å². The minimum Gasteiger partial charge on any atom is -0.369 e. The number of amides is 1. The Morgan fingerprint density at radius 2 is 1.65 bits per heavy atom. The van der Waals surface area contributed by atoms with Crippen LogP contribution in [0.1, 0.15) is 29.9 Å².